The van der Waals surface area contributed by atoms with E-state index in [1.54, 1.807) is 11.3 Å². The van der Waals surface area contributed by atoms with Gasteiger partial charge in [-0.3, -0.25) is 4.79 Å². The molecule has 2 unspecified atom stereocenters. The lowest BCUT2D eigenvalue weighted by atomic mass is 9.92. The van der Waals surface area contributed by atoms with Crippen LogP contribution in [0.1, 0.15) is 43.2 Å². The molecule has 0 aromatic carbocycles. The van der Waals surface area contributed by atoms with Crippen LogP contribution in [0, 0.1) is 5.92 Å². The summed E-state index contributed by atoms with van der Waals surface area (Å²) in [6.07, 6.45) is 6.96. The molecule has 1 aromatic heterocycles. The molecule has 4 nitrogen and oxygen atoms in total. The maximum absolute atomic E-state index is 12.3. The van der Waals surface area contributed by atoms with Crippen LogP contribution in [0.15, 0.2) is 0 Å². The number of hydrogen-bond acceptors (Lipinski definition) is 4. The van der Waals surface area contributed by atoms with Crippen molar-refractivity contribution in [3.05, 3.63) is 10.6 Å². The average molecular weight is 279 g/mol. The highest BCUT2D eigenvalue weighted by atomic mass is 32.1. The summed E-state index contributed by atoms with van der Waals surface area (Å²) in [4.78, 5) is 18.2. The van der Waals surface area contributed by atoms with Crippen LogP contribution in [0.25, 0.3) is 0 Å². The molecule has 2 N–H and O–H groups in total. The summed E-state index contributed by atoms with van der Waals surface area (Å²) in [7, 11) is 0. The molecule has 2 aliphatic rings. The van der Waals surface area contributed by atoms with E-state index in [1.165, 1.54) is 23.4 Å². The van der Waals surface area contributed by atoms with Crippen molar-refractivity contribution in [2.45, 2.75) is 51.5 Å². The summed E-state index contributed by atoms with van der Waals surface area (Å²) < 4.78 is 0. The third-order valence-corrected chi connectivity index (χ3v) is 5.20. The van der Waals surface area contributed by atoms with E-state index < -0.39 is 0 Å². The molecule has 1 fully saturated rings. The average Bonchev–Trinajstić information content (AvgIpc) is 2.81. The Labute approximate surface area is 118 Å². The predicted octanol–water partition coefficient (Wildman–Crippen LogP) is 2.35. The van der Waals surface area contributed by atoms with Crippen molar-refractivity contribution in [2.24, 2.45) is 5.92 Å². The lowest BCUT2D eigenvalue weighted by Crippen LogP contribution is -2.48. The number of aromatic nitrogens is 1. The van der Waals surface area contributed by atoms with Crippen LogP contribution in [-0.4, -0.2) is 23.5 Å². The fraction of sp³-hybridized carbons (Fsp3) is 0.714. The second-order valence-electron chi connectivity index (χ2n) is 5.64. The van der Waals surface area contributed by atoms with Crippen molar-refractivity contribution in [3.8, 4) is 0 Å². The van der Waals surface area contributed by atoms with E-state index in [-0.39, 0.29) is 11.9 Å². The second kappa shape index (κ2) is 5.59. The molecule has 1 aromatic rings. The first-order chi connectivity index (χ1) is 9.24. The Balaban J connectivity index is 1.67. The van der Waals surface area contributed by atoms with E-state index in [2.05, 4.69) is 22.5 Å². The zero-order chi connectivity index (χ0) is 13.2. The SMILES string of the molecule is CC1CCCNC1C(=O)Nc1nc2c(s1)CCCC2. The van der Waals surface area contributed by atoms with E-state index in [1.807, 2.05) is 0 Å². The zero-order valence-electron chi connectivity index (χ0n) is 11.4. The summed E-state index contributed by atoms with van der Waals surface area (Å²) in [6, 6.07) is -0.0605. The minimum atomic E-state index is -0.0605. The molecular weight excluding hydrogens is 258 g/mol. The van der Waals surface area contributed by atoms with Crippen molar-refractivity contribution >= 4 is 22.4 Å². The Hall–Kier alpha value is -0.940. The Morgan fingerprint density at radius 3 is 3.00 bits per heavy atom. The van der Waals surface area contributed by atoms with Crippen molar-refractivity contribution < 1.29 is 4.79 Å². The number of aryl methyl sites for hydroxylation is 2. The van der Waals surface area contributed by atoms with Gasteiger partial charge in [0, 0.05) is 4.88 Å². The Kier molecular flexibility index (Phi) is 3.84. The molecule has 104 valence electrons. The van der Waals surface area contributed by atoms with E-state index >= 15 is 0 Å². The molecule has 0 spiro atoms. The van der Waals surface area contributed by atoms with Gasteiger partial charge in [-0.15, -0.1) is 11.3 Å². The second-order valence-corrected chi connectivity index (χ2v) is 6.72. The molecule has 5 heteroatoms. The highest BCUT2D eigenvalue weighted by Crippen LogP contribution is 2.30. The summed E-state index contributed by atoms with van der Waals surface area (Å²) in [5, 5.41) is 7.11. The molecular formula is C14H21N3OS. The summed E-state index contributed by atoms with van der Waals surface area (Å²) in [5.41, 5.74) is 1.20. The molecule has 0 saturated carbocycles. The highest BCUT2D eigenvalue weighted by Gasteiger charge is 2.28. The fourth-order valence-corrected chi connectivity index (χ4v) is 4.04. The van der Waals surface area contributed by atoms with E-state index in [9.17, 15) is 4.79 Å². The van der Waals surface area contributed by atoms with Crippen molar-refractivity contribution in [1.82, 2.24) is 10.3 Å². The van der Waals surface area contributed by atoms with Gasteiger partial charge in [0.25, 0.3) is 0 Å². The van der Waals surface area contributed by atoms with Gasteiger partial charge in [0.1, 0.15) is 0 Å². The first-order valence-electron chi connectivity index (χ1n) is 7.27. The molecule has 2 heterocycles. The number of hydrogen-bond donors (Lipinski definition) is 2. The number of rotatable bonds is 2. The topological polar surface area (TPSA) is 54.0 Å². The number of amides is 1. The Morgan fingerprint density at radius 2 is 2.21 bits per heavy atom. The van der Waals surface area contributed by atoms with Gasteiger partial charge in [0.05, 0.1) is 11.7 Å². The van der Waals surface area contributed by atoms with E-state index in [0.717, 1.165) is 37.4 Å². The number of carbonyl (C=O) groups excluding carboxylic acids is 1. The number of nitrogens with zero attached hydrogens (tertiary/aromatic N) is 1. The van der Waals surface area contributed by atoms with Crippen LogP contribution >= 0.6 is 11.3 Å². The molecule has 1 amide bonds. The van der Waals surface area contributed by atoms with Crippen LogP contribution in [0.4, 0.5) is 5.13 Å². The first-order valence-corrected chi connectivity index (χ1v) is 8.08. The van der Waals surface area contributed by atoms with Gasteiger partial charge in [-0.25, -0.2) is 4.98 Å². The van der Waals surface area contributed by atoms with Crippen LogP contribution < -0.4 is 10.6 Å². The smallest absolute Gasteiger partial charge is 0.243 e. The monoisotopic (exact) mass is 279 g/mol. The number of thiazole rings is 1. The minimum absolute atomic E-state index is 0.0605. The lowest BCUT2D eigenvalue weighted by Gasteiger charge is -2.28. The normalized spacial score (nSPS) is 26.8. The number of piperidine rings is 1. The lowest BCUT2D eigenvalue weighted by molar-refractivity contribution is -0.119. The molecule has 0 radical (unpaired) electrons. The Morgan fingerprint density at radius 1 is 1.37 bits per heavy atom. The number of carbonyl (C=O) groups is 1. The third kappa shape index (κ3) is 2.82. The molecule has 3 rings (SSSR count). The first kappa shape index (κ1) is 13.1. The van der Waals surface area contributed by atoms with Crippen LogP contribution in [0.3, 0.4) is 0 Å². The summed E-state index contributed by atoms with van der Waals surface area (Å²) >= 11 is 1.66. The van der Waals surface area contributed by atoms with Gasteiger partial charge in [-0.1, -0.05) is 6.92 Å². The van der Waals surface area contributed by atoms with Crippen molar-refractivity contribution in [1.29, 1.82) is 0 Å². The van der Waals surface area contributed by atoms with Gasteiger partial charge >= 0.3 is 0 Å². The number of fused-ring (bicyclic) bond motifs is 1. The van der Waals surface area contributed by atoms with Gasteiger partial charge in [0.2, 0.25) is 5.91 Å². The quantitative estimate of drug-likeness (QED) is 0.873. The Bertz CT molecular complexity index is 448. The van der Waals surface area contributed by atoms with E-state index in [4.69, 9.17) is 0 Å². The molecule has 1 aliphatic carbocycles. The highest BCUT2D eigenvalue weighted by molar-refractivity contribution is 7.15. The molecule has 1 aliphatic heterocycles. The number of nitrogens with one attached hydrogen (secondary N) is 2. The summed E-state index contributed by atoms with van der Waals surface area (Å²) in [6.45, 7) is 3.08. The zero-order valence-corrected chi connectivity index (χ0v) is 12.2. The fourth-order valence-electron chi connectivity index (χ4n) is 2.99. The largest absolute Gasteiger partial charge is 0.306 e. The maximum Gasteiger partial charge on any atom is 0.243 e. The molecule has 1 saturated heterocycles. The van der Waals surface area contributed by atoms with Gasteiger partial charge in [-0.2, -0.15) is 0 Å². The van der Waals surface area contributed by atoms with Gasteiger partial charge in [0.15, 0.2) is 5.13 Å². The molecule has 2 atom stereocenters. The number of anilines is 1. The standard InChI is InChI=1S/C14H21N3OS/c1-9-5-4-8-15-12(9)13(18)17-14-16-10-6-2-3-7-11(10)19-14/h9,12,15H,2-8H2,1H3,(H,16,17,18). The van der Waals surface area contributed by atoms with Gasteiger partial charge < -0.3 is 10.6 Å². The van der Waals surface area contributed by atoms with E-state index in [0.29, 0.717) is 5.92 Å². The van der Waals surface area contributed by atoms with Crippen molar-refractivity contribution in [3.63, 3.8) is 0 Å². The predicted molar refractivity (Wildman–Crippen MR) is 77.6 cm³/mol. The third-order valence-electron chi connectivity index (χ3n) is 4.13. The minimum Gasteiger partial charge on any atom is -0.306 e. The van der Waals surface area contributed by atoms with Crippen LogP contribution in [-0.2, 0) is 17.6 Å². The summed E-state index contributed by atoms with van der Waals surface area (Å²) in [5.74, 6) is 0.488. The van der Waals surface area contributed by atoms with Crippen LogP contribution in [0.2, 0.25) is 0 Å². The molecule has 19 heavy (non-hydrogen) atoms. The van der Waals surface area contributed by atoms with Gasteiger partial charge in [-0.05, 0) is 51.0 Å². The maximum atomic E-state index is 12.3. The van der Waals surface area contributed by atoms with Crippen LogP contribution in [0.5, 0.6) is 0 Å². The van der Waals surface area contributed by atoms with Crippen molar-refractivity contribution in [2.75, 3.05) is 11.9 Å². The molecule has 0 bridgehead atoms.